The van der Waals surface area contributed by atoms with Crippen LogP contribution in [0, 0.1) is 6.92 Å². The van der Waals surface area contributed by atoms with E-state index in [4.69, 9.17) is 0 Å². The zero-order valence-electron chi connectivity index (χ0n) is 8.32. The molecule has 1 N–H and O–H groups in total. The minimum atomic E-state index is 0.322. The Balaban J connectivity index is 2.33. The number of aromatic hydroxyl groups is 1. The summed E-state index contributed by atoms with van der Waals surface area (Å²) in [5.74, 6) is 0.322. The molecule has 0 amide bonds. The van der Waals surface area contributed by atoms with Crippen LogP contribution >= 0.6 is 11.8 Å². The van der Waals surface area contributed by atoms with Crippen LogP contribution in [0.25, 0.3) is 0 Å². The van der Waals surface area contributed by atoms with Gasteiger partial charge in [0.25, 0.3) is 0 Å². The number of aryl methyl sites for hydroxylation is 1. The van der Waals surface area contributed by atoms with Crippen LogP contribution < -0.4 is 0 Å². The van der Waals surface area contributed by atoms with Crippen LogP contribution in [-0.4, -0.2) is 21.9 Å². The Morgan fingerprint density at radius 1 is 1.50 bits per heavy atom. The molecular formula is C11H13NOS. The number of phenols is 1. The van der Waals surface area contributed by atoms with E-state index in [0.717, 1.165) is 22.7 Å². The van der Waals surface area contributed by atoms with E-state index in [1.807, 2.05) is 24.8 Å². The van der Waals surface area contributed by atoms with E-state index in [9.17, 15) is 5.11 Å². The van der Waals surface area contributed by atoms with E-state index >= 15 is 0 Å². The fourth-order valence-electron chi connectivity index (χ4n) is 1.51. The first-order valence-electron chi connectivity index (χ1n) is 4.68. The van der Waals surface area contributed by atoms with Crippen molar-refractivity contribution in [3.63, 3.8) is 0 Å². The Hall–Kier alpha value is -0.960. The molecule has 1 unspecified atom stereocenters. The van der Waals surface area contributed by atoms with Crippen LogP contribution in [0.4, 0.5) is 0 Å². The summed E-state index contributed by atoms with van der Waals surface area (Å²) in [7, 11) is 0. The predicted molar refractivity (Wildman–Crippen MR) is 61.3 cm³/mol. The van der Waals surface area contributed by atoms with Crippen molar-refractivity contribution in [2.24, 2.45) is 4.99 Å². The van der Waals surface area contributed by atoms with Crippen LogP contribution in [0.1, 0.15) is 18.1 Å². The molecule has 1 atom stereocenters. The van der Waals surface area contributed by atoms with Gasteiger partial charge in [-0.3, -0.25) is 4.99 Å². The molecule has 1 aromatic rings. The largest absolute Gasteiger partial charge is 0.508 e. The van der Waals surface area contributed by atoms with Gasteiger partial charge in [0.1, 0.15) is 5.75 Å². The van der Waals surface area contributed by atoms with Gasteiger partial charge in [0.15, 0.2) is 0 Å². The fourth-order valence-corrected chi connectivity index (χ4v) is 2.55. The summed E-state index contributed by atoms with van der Waals surface area (Å²) >= 11 is 1.81. The number of thioether (sulfide) groups is 1. The molecule has 1 heterocycles. The van der Waals surface area contributed by atoms with Crippen LogP contribution in [0.2, 0.25) is 0 Å². The molecule has 1 aliphatic rings. The molecule has 0 aliphatic carbocycles. The lowest BCUT2D eigenvalue weighted by Gasteiger charge is -2.05. The number of hydrogen-bond acceptors (Lipinski definition) is 3. The van der Waals surface area contributed by atoms with E-state index in [2.05, 4.69) is 11.9 Å². The minimum Gasteiger partial charge on any atom is -0.508 e. The van der Waals surface area contributed by atoms with Crippen molar-refractivity contribution < 1.29 is 5.11 Å². The maximum absolute atomic E-state index is 9.29. The number of hydrogen-bond donors (Lipinski definition) is 1. The van der Waals surface area contributed by atoms with Crippen molar-refractivity contribution in [3.05, 3.63) is 29.3 Å². The number of benzene rings is 1. The van der Waals surface area contributed by atoms with E-state index in [1.54, 1.807) is 12.1 Å². The summed E-state index contributed by atoms with van der Waals surface area (Å²) in [5, 5.41) is 11.0. The molecule has 0 bridgehead atoms. The van der Waals surface area contributed by atoms with Crippen molar-refractivity contribution in [2.75, 3.05) is 6.54 Å². The second-order valence-corrected chi connectivity index (χ2v) is 5.00. The molecule has 0 saturated heterocycles. The highest BCUT2D eigenvalue weighted by atomic mass is 32.2. The molecule has 0 fully saturated rings. The van der Waals surface area contributed by atoms with Crippen LogP contribution in [-0.2, 0) is 0 Å². The molecular weight excluding hydrogens is 194 g/mol. The van der Waals surface area contributed by atoms with Gasteiger partial charge in [0, 0.05) is 10.8 Å². The first-order chi connectivity index (χ1) is 6.66. The summed E-state index contributed by atoms with van der Waals surface area (Å²) in [4.78, 5) is 4.48. The monoisotopic (exact) mass is 207 g/mol. The summed E-state index contributed by atoms with van der Waals surface area (Å²) in [5.41, 5.74) is 2.24. The van der Waals surface area contributed by atoms with Gasteiger partial charge < -0.3 is 5.11 Å². The van der Waals surface area contributed by atoms with Gasteiger partial charge in [-0.25, -0.2) is 0 Å². The van der Waals surface area contributed by atoms with E-state index in [0.29, 0.717) is 11.0 Å². The molecule has 14 heavy (non-hydrogen) atoms. The summed E-state index contributed by atoms with van der Waals surface area (Å²) in [6.07, 6.45) is 0. The van der Waals surface area contributed by atoms with Gasteiger partial charge in [-0.05, 0) is 30.7 Å². The highest BCUT2D eigenvalue weighted by molar-refractivity contribution is 8.15. The molecule has 0 aromatic heterocycles. The van der Waals surface area contributed by atoms with Crippen molar-refractivity contribution in [2.45, 2.75) is 19.1 Å². The molecule has 3 heteroatoms. The third kappa shape index (κ3) is 1.77. The smallest absolute Gasteiger partial charge is 0.115 e. The highest BCUT2D eigenvalue weighted by Gasteiger charge is 2.17. The lowest BCUT2D eigenvalue weighted by Crippen LogP contribution is -1.97. The Morgan fingerprint density at radius 3 is 2.86 bits per heavy atom. The molecule has 0 spiro atoms. The van der Waals surface area contributed by atoms with Crippen LogP contribution in [0.3, 0.4) is 0 Å². The minimum absolute atomic E-state index is 0.322. The molecule has 0 saturated carbocycles. The number of rotatable bonds is 1. The molecule has 2 nitrogen and oxygen atoms in total. The van der Waals surface area contributed by atoms with Crippen molar-refractivity contribution in [3.8, 4) is 5.75 Å². The summed E-state index contributed by atoms with van der Waals surface area (Å²) in [6, 6.07) is 5.43. The first kappa shape index (κ1) is 9.59. The van der Waals surface area contributed by atoms with Gasteiger partial charge in [0.05, 0.1) is 11.6 Å². The SMILES string of the molecule is Cc1cc(O)ccc1C1=NCC(C)S1. The molecule has 1 aliphatic heterocycles. The first-order valence-corrected chi connectivity index (χ1v) is 5.56. The predicted octanol–water partition coefficient (Wildman–Crippen LogP) is 2.58. The summed E-state index contributed by atoms with van der Waals surface area (Å²) < 4.78 is 0. The van der Waals surface area contributed by atoms with E-state index in [-0.39, 0.29) is 0 Å². The second kappa shape index (κ2) is 3.65. The van der Waals surface area contributed by atoms with Gasteiger partial charge in [-0.15, -0.1) is 11.8 Å². The van der Waals surface area contributed by atoms with Crippen LogP contribution in [0.5, 0.6) is 5.75 Å². The van der Waals surface area contributed by atoms with Crippen molar-refractivity contribution >= 4 is 16.8 Å². The number of nitrogens with zero attached hydrogens (tertiary/aromatic N) is 1. The number of phenolic OH excluding ortho intramolecular Hbond substituents is 1. The Morgan fingerprint density at radius 2 is 2.29 bits per heavy atom. The fraction of sp³-hybridized carbons (Fsp3) is 0.364. The maximum atomic E-state index is 9.29. The van der Waals surface area contributed by atoms with Gasteiger partial charge >= 0.3 is 0 Å². The third-order valence-electron chi connectivity index (χ3n) is 2.25. The van der Waals surface area contributed by atoms with Gasteiger partial charge in [-0.2, -0.15) is 0 Å². The Kier molecular flexibility index (Phi) is 2.50. The molecule has 0 radical (unpaired) electrons. The second-order valence-electron chi connectivity index (χ2n) is 3.57. The molecule has 2 rings (SSSR count). The average Bonchev–Trinajstić information content (AvgIpc) is 2.51. The summed E-state index contributed by atoms with van der Waals surface area (Å²) in [6.45, 7) is 5.08. The Bertz CT molecular complexity index is 387. The standard InChI is InChI=1S/C11H13NOS/c1-7-5-9(13)3-4-10(7)11-12-6-8(2)14-11/h3-5,8,13H,6H2,1-2H3. The van der Waals surface area contributed by atoms with E-state index in [1.165, 1.54) is 0 Å². The van der Waals surface area contributed by atoms with Crippen LogP contribution in [0.15, 0.2) is 23.2 Å². The highest BCUT2D eigenvalue weighted by Crippen LogP contribution is 2.28. The maximum Gasteiger partial charge on any atom is 0.115 e. The zero-order valence-corrected chi connectivity index (χ0v) is 9.14. The quantitative estimate of drug-likeness (QED) is 0.767. The number of aliphatic imine (C=N–C) groups is 1. The average molecular weight is 207 g/mol. The van der Waals surface area contributed by atoms with Gasteiger partial charge in [-0.1, -0.05) is 6.92 Å². The topological polar surface area (TPSA) is 32.6 Å². The lowest BCUT2D eigenvalue weighted by molar-refractivity contribution is 0.475. The molecule has 74 valence electrons. The van der Waals surface area contributed by atoms with Crippen molar-refractivity contribution in [1.29, 1.82) is 0 Å². The molecule has 1 aromatic carbocycles. The normalized spacial score (nSPS) is 21.0. The third-order valence-corrected chi connectivity index (χ3v) is 3.37. The van der Waals surface area contributed by atoms with Gasteiger partial charge in [0.2, 0.25) is 0 Å². The Labute approximate surface area is 88.1 Å². The lowest BCUT2D eigenvalue weighted by atomic mass is 10.1. The zero-order chi connectivity index (χ0) is 10.1. The van der Waals surface area contributed by atoms with E-state index < -0.39 is 0 Å². The van der Waals surface area contributed by atoms with Crippen molar-refractivity contribution in [1.82, 2.24) is 0 Å².